The molecule has 2 aromatic carbocycles. The van der Waals surface area contributed by atoms with Gasteiger partial charge in [0.25, 0.3) is 0 Å². The van der Waals surface area contributed by atoms with E-state index in [1.807, 2.05) is 0 Å². The lowest BCUT2D eigenvalue weighted by molar-refractivity contribution is 0.0696. The van der Waals surface area contributed by atoms with Crippen LogP contribution in [0.15, 0.2) is 30.3 Å². The summed E-state index contributed by atoms with van der Waals surface area (Å²) in [6.07, 6.45) is 5.10. The Balaban J connectivity index is 1.92. The number of hydrogen-bond acceptors (Lipinski definition) is 4. The highest BCUT2D eigenvalue weighted by Crippen LogP contribution is 2.45. The van der Waals surface area contributed by atoms with Gasteiger partial charge in [0.2, 0.25) is 0 Å². The third kappa shape index (κ3) is 3.14. The minimum Gasteiger partial charge on any atom is -0.505 e. The van der Waals surface area contributed by atoms with Gasteiger partial charge in [0.1, 0.15) is 22.5 Å². The van der Waals surface area contributed by atoms with E-state index >= 15 is 0 Å². The average molecular weight is 386 g/mol. The first-order chi connectivity index (χ1) is 12.9. The Morgan fingerprint density at radius 2 is 1.81 bits per heavy atom. The highest BCUT2D eigenvalue weighted by molar-refractivity contribution is 6.31. The summed E-state index contributed by atoms with van der Waals surface area (Å²) >= 11 is 6.01. The zero-order valence-electron chi connectivity index (χ0n) is 14.9. The number of rotatable bonds is 3. The van der Waals surface area contributed by atoms with Gasteiger partial charge < -0.3 is 10.2 Å². The molecule has 0 aliphatic heterocycles. The van der Waals surface area contributed by atoms with E-state index in [2.05, 4.69) is 17.1 Å². The van der Waals surface area contributed by atoms with Gasteiger partial charge in [0.05, 0.1) is 5.56 Å². The summed E-state index contributed by atoms with van der Waals surface area (Å²) in [6.45, 7) is 2.09. The second-order valence-electron chi connectivity index (χ2n) is 7.44. The van der Waals surface area contributed by atoms with E-state index in [1.54, 1.807) is 24.3 Å². The van der Waals surface area contributed by atoms with Crippen molar-refractivity contribution in [2.45, 2.75) is 44.4 Å². The molecule has 0 saturated heterocycles. The van der Waals surface area contributed by atoms with Crippen LogP contribution in [-0.4, -0.2) is 31.2 Å². The van der Waals surface area contributed by atoms with Gasteiger partial charge in [-0.15, -0.1) is 15.0 Å². The average Bonchev–Trinajstić information content (AvgIpc) is 3.05. The molecule has 27 heavy (non-hydrogen) atoms. The molecule has 1 heterocycles. The molecule has 1 aliphatic rings. The number of aromatic hydroxyl groups is 1. The Hall–Kier alpha value is -2.60. The highest BCUT2D eigenvalue weighted by Gasteiger charge is 2.33. The Labute approximate surface area is 161 Å². The van der Waals surface area contributed by atoms with Gasteiger partial charge in [0, 0.05) is 10.6 Å². The van der Waals surface area contributed by atoms with E-state index in [0.717, 1.165) is 32.1 Å². The van der Waals surface area contributed by atoms with Crippen molar-refractivity contribution >= 4 is 28.6 Å². The summed E-state index contributed by atoms with van der Waals surface area (Å²) in [7, 11) is 0. The number of aromatic nitrogens is 3. The van der Waals surface area contributed by atoms with Crippen LogP contribution in [-0.2, 0) is 5.41 Å². The van der Waals surface area contributed by atoms with E-state index < -0.39 is 5.97 Å². The Bertz CT molecular complexity index is 1040. The number of carboxylic acid groups (broad SMARTS) is 1. The van der Waals surface area contributed by atoms with Crippen LogP contribution in [0.1, 0.15) is 54.9 Å². The molecule has 2 N–H and O–H groups in total. The smallest absolute Gasteiger partial charge is 0.335 e. The SMILES string of the molecule is CC1(c2cc(C(=O)O)cc(-n3nc4ccc(Cl)cc4n3)c2O)CCCCC1. The van der Waals surface area contributed by atoms with E-state index in [1.165, 1.54) is 10.9 Å². The molecule has 3 aromatic rings. The predicted molar refractivity (Wildman–Crippen MR) is 103 cm³/mol. The van der Waals surface area contributed by atoms with Crippen LogP contribution >= 0.6 is 11.6 Å². The largest absolute Gasteiger partial charge is 0.505 e. The minimum absolute atomic E-state index is 0.0378. The molecule has 0 unspecified atom stereocenters. The third-order valence-electron chi connectivity index (χ3n) is 5.50. The molecule has 0 bridgehead atoms. The number of nitrogens with zero attached hydrogens (tertiary/aromatic N) is 3. The molecular formula is C20H20ClN3O3. The van der Waals surface area contributed by atoms with E-state index in [4.69, 9.17) is 11.6 Å². The minimum atomic E-state index is -1.04. The predicted octanol–water partition coefficient (Wildman–Crippen LogP) is 4.70. The van der Waals surface area contributed by atoms with E-state index in [9.17, 15) is 15.0 Å². The topological polar surface area (TPSA) is 88.2 Å². The van der Waals surface area contributed by atoms with Crippen molar-refractivity contribution in [3.63, 3.8) is 0 Å². The first-order valence-electron chi connectivity index (χ1n) is 9.01. The normalized spacial score (nSPS) is 16.5. The number of carbonyl (C=O) groups is 1. The third-order valence-corrected chi connectivity index (χ3v) is 5.74. The van der Waals surface area contributed by atoms with Crippen molar-refractivity contribution in [1.29, 1.82) is 0 Å². The summed E-state index contributed by atoms with van der Waals surface area (Å²) in [5.74, 6) is -1.01. The van der Waals surface area contributed by atoms with Crippen LogP contribution < -0.4 is 0 Å². The number of benzene rings is 2. The van der Waals surface area contributed by atoms with E-state index in [0.29, 0.717) is 21.6 Å². The number of halogens is 1. The molecule has 4 rings (SSSR count). The summed E-state index contributed by atoms with van der Waals surface area (Å²) < 4.78 is 0. The molecule has 1 aliphatic carbocycles. The maximum absolute atomic E-state index is 11.7. The number of hydrogen-bond donors (Lipinski definition) is 2. The standard InChI is InChI=1S/C20H20ClN3O3/c1-20(7-3-2-4-8-20)14-9-12(19(26)27)10-17(18(14)25)24-22-15-6-5-13(21)11-16(15)23-24/h5-6,9-11,25H,2-4,7-8H2,1H3,(H,26,27). The van der Waals surface area contributed by atoms with Crippen LogP contribution in [0.2, 0.25) is 5.02 Å². The molecule has 0 radical (unpaired) electrons. The molecule has 1 saturated carbocycles. The number of phenolic OH excluding ortho intramolecular Hbond substituents is 1. The number of fused-ring (bicyclic) bond motifs is 1. The maximum atomic E-state index is 11.7. The molecule has 7 heteroatoms. The monoisotopic (exact) mass is 385 g/mol. The van der Waals surface area contributed by atoms with Gasteiger partial charge >= 0.3 is 5.97 Å². The van der Waals surface area contributed by atoms with Gasteiger partial charge in [-0.1, -0.05) is 37.8 Å². The van der Waals surface area contributed by atoms with Gasteiger partial charge in [0.15, 0.2) is 0 Å². The molecule has 6 nitrogen and oxygen atoms in total. The lowest BCUT2D eigenvalue weighted by Gasteiger charge is -2.35. The van der Waals surface area contributed by atoms with Gasteiger partial charge in [-0.3, -0.25) is 0 Å². The highest BCUT2D eigenvalue weighted by atomic mass is 35.5. The molecule has 0 spiro atoms. The van der Waals surface area contributed by atoms with Gasteiger partial charge in [-0.2, -0.15) is 0 Å². The zero-order chi connectivity index (χ0) is 19.2. The van der Waals surface area contributed by atoms with Crippen molar-refractivity contribution in [2.24, 2.45) is 0 Å². The number of aromatic carboxylic acids is 1. The van der Waals surface area contributed by atoms with Crippen LogP contribution in [0, 0.1) is 0 Å². The molecule has 1 aromatic heterocycles. The van der Waals surface area contributed by atoms with Crippen molar-refractivity contribution in [2.75, 3.05) is 0 Å². The second kappa shape index (κ2) is 6.53. The van der Waals surface area contributed by atoms with E-state index in [-0.39, 0.29) is 22.4 Å². The van der Waals surface area contributed by atoms with Gasteiger partial charge in [-0.25, -0.2) is 4.79 Å². The van der Waals surface area contributed by atoms with Crippen molar-refractivity contribution < 1.29 is 15.0 Å². The number of phenols is 1. The Morgan fingerprint density at radius 1 is 1.11 bits per heavy atom. The molecule has 1 fully saturated rings. The fraction of sp³-hybridized carbons (Fsp3) is 0.350. The van der Waals surface area contributed by atoms with Crippen LogP contribution in [0.4, 0.5) is 0 Å². The molecular weight excluding hydrogens is 366 g/mol. The lowest BCUT2D eigenvalue weighted by Crippen LogP contribution is -2.26. The first-order valence-corrected chi connectivity index (χ1v) is 9.39. The van der Waals surface area contributed by atoms with Crippen LogP contribution in [0.25, 0.3) is 16.7 Å². The maximum Gasteiger partial charge on any atom is 0.335 e. The van der Waals surface area contributed by atoms with Gasteiger partial charge in [-0.05, 0) is 48.6 Å². The fourth-order valence-electron chi connectivity index (χ4n) is 3.95. The Morgan fingerprint density at radius 3 is 2.52 bits per heavy atom. The fourth-order valence-corrected chi connectivity index (χ4v) is 4.12. The van der Waals surface area contributed by atoms with Crippen molar-refractivity contribution in [3.8, 4) is 11.4 Å². The number of carboxylic acids is 1. The quantitative estimate of drug-likeness (QED) is 0.682. The van der Waals surface area contributed by atoms with Crippen LogP contribution in [0.3, 0.4) is 0 Å². The lowest BCUT2D eigenvalue weighted by atomic mass is 9.70. The molecule has 0 amide bonds. The summed E-state index contributed by atoms with van der Waals surface area (Å²) in [4.78, 5) is 13.0. The van der Waals surface area contributed by atoms with Crippen molar-refractivity contribution in [1.82, 2.24) is 15.0 Å². The zero-order valence-corrected chi connectivity index (χ0v) is 15.7. The first kappa shape index (κ1) is 17.8. The molecule has 140 valence electrons. The molecule has 0 atom stereocenters. The van der Waals surface area contributed by atoms with Crippen LogP contribution in [0.5, 0.6) is 5.75 Å². The summed E-state index contributed by atoms with van der Waals surface area (Å²) in [5, 5.41) is 29.9. The summed E-state index contributed by atoms with van der Waals surface area (Å²) in [5.41, 5.74) is 1.96. The Kier molecular flexibility index (Phi) is 4.30. The second-order valence-corrected chi connectivity index (χ2v) is 7.88. The summed E-state index contributed by atoms with van der Waals surface area (Å²) in [6, 6.07) is 8.13. The van der Waals surface area contributed by atoms with Crippen molar-refractivity contribution in [3.05, 3.63) is 46.5 Å².